The predicted octanol–water partition coefficient (Wildman–Crippen LogP) is 4.06. The highest BCUT2D eigenvalue weighted by Crippen LogP contribution is 2.57. The molecule has 0 amide bonds. The standard InChI is InChI=1S/C14H27N/c1-10-11(2)15(9)14(7,8)13(5,6)12(10,3)4/h1-9H3. The van der Waals surface area contributed by atoms with Gasteiger partial charge in [0, 0.05) is 18.3 Å². The van der Waals surface area contributed by atoms with Gasteiger partial charge in [0.1, 0.15) is 0 Å². The van der Waals surface area contributed by atoms with Crippen molar-refractivity contribution in [1.29, 1.82) is 0 Å². The maximum Gasteiger partial charge on any atom is 0.0398 e. The van der Waals surface area contributed by atoms with E-state index in [1.807, 2.05) is 0 Å². The highest BCUT2D eigenvalue weighted by molar-refractivity contribution is 5.28. The van der Waals surface area contributed by atoms with E-state index in [-0.39, 0.29) is 16.4 Å². The van der Waals surface area contributed by atoms with Crippen LogP contribution in [0.5, 0.6) is 0 Å². The lowest BCUT2D eigenvalue weighted by Crippen LogP contribution is -2.61. The first-order chi connectivity index (χ1) is 6.48. The summed E-state index contributed by atoms with van der Waals surface area (Å²) < 4.78 is 0. The van der Waals surface area contributed by atoms with Gasteiger partial charge in [0.25, 0.3) is 0 Å². The van der Waals surface area contributed by atoms with Gasteiger partial charge in [-0.1, -0.05) is 27.7 Å². The van der Waals surface area contributed by atoms with Crippen molar-refractivity contribution in [2.24, 2.45) is 10.8 Å². The Bertz CT molecular complexity index is 305. The maximum atomic E-state index is 2.44. The lowest BCUT2D eigenvalue weighted by molar-refractivity contribution is -0.0422. The monoisotopic (exact) mass is 209 g/mol. The molecule has 0 radical (unpaired) electrons. The minimum absolute atomic E-state index is 0.195. The van der Waals surface area contributed by atoms with Gasteiger partial charge >= 0.3 is 0 Å². The third-order valence-electron chi connectivity index (χ3n) is 5.91. The van der Waals surface area contributed by atoms with Crippen molar-refractivity contribution in [3.8, 4) is 0 Å². The molecule has 15 heavy (non-hydrogen) atoms. The molecule has 88 valence electrons. The molecule has 1 rings (SSSR count). The fourth-order valence-electron chi connectivity index (χ4n) is 2.78. The average Bonchev–Trinajstić information content (AvgIpc) is 2.12. The van der Waals surface area contributed by atoms with Crippen LogP contribution in [0.25, 0.3) is 0 Å². The minimum atomic E-state index is 0.195. The third kappa shape index (κ3) is 1.28. The normalized spacial score (nSPS) is 28.2. The molecule has 1 heteroatoms. The summed E-state index contributed by atoms with van der Waals surface area (Å²) in [7, 11) is 2.22. The molecule has 0 aromatic heterocycles. The van der Waals surface area contributed by atoms with Crippen LogP contribution in [0.1, 0.15) is 55.4 Å². The van der Waals surface area contributed by atoms with Crippen molar-refractivity contribution in [2.45, 2.75) is 60.9 Å². The maximum absolute atomic E-state index is 2.44. The number of nitrogens with zero attached hydrogens (tertiary/aromatic N) is 1. The summed E-state index contributed by atoms with van der Waals surface area (Å²) in [6.07, 6.45) is 0. The van der Waals surface area contributed by atoms with Crippen LogP contribution in [0.2, 0.25) is 0 Å². The van der Waals surface area contributed by atoms with E-state index in [9.17, 15) is 0 Å². The SMILES string of the molecule is CC1=C(C)C(C)(C)C(C)(C)C(C)(C)N1C. The minimum Gasteiger partial charge on any atom is -0.372 e. The molecule has 0 aliphatic carbocycles. The second-order valence-corrected chi connectivity index (χ2v) is 6.58. The molecule has 0 fully saturated rings. The van der Waals surface area contributed by atoms with Crippen molar-refractivity contribution in [1.82, 2.24) is 4.90 Å². The Morgan fingerprint density at radius 1 is 0.867 bits per heavy atom. The van der Waals surface area contributed by atoms with Gasteiger partial charge in [-0.2, -0.15) is 0 Å². The summed E-state index contributed by atoms with van der Waals surface area (Å²) in [6.45, 7) is 18.8. The molecule has 0 aromatic rings. The van der Waals surface area contributed by atoms with Gasteiger partial charge in [0.2, 0.25) is 0 Å². The molecule has 1 nitrogen and oxygen atoms in total. The van der Waals surface area contributed by atoms with Crippen LogP contribution in [0.4, 0.5) is 0 Å². The third-order valence-corrected chi connectivity index (χ3v) is 5.91. The van der Waals surface area contributed by atoms with Crippen molar-refractivity contribution in [3.63, 3.8) is 0 Å². The summed E-state index contributed by atoms with van der Waals surface area (Å²) in [5.74, 6) is 0. The van der Waals surface area contributed by atoms with Gasteiger partial charge < -0.3 is 4.90 Å². The summed E-state index contributed by atoms with van der Waals surface area (Å²) in [5, 5.41) is 0. The molecule has 1 aliphatic rings. The zero-order chi connectivity index (χ0) is 12.2. The molecule has 0 saturated heterocycles. The molecule has 0 spiro atoms. The second kappa shape index (κ2) is 3.02. The van der Waals surface area contributed by atoms with Crippen LogP contribution in [-0.4, -0.2) is 17.5 Å². The average molecular weight is 209 g/mol. The summed E-state index contributed by atoms with van der Waals surface area (Å²) in [5.41, 5.74) is 3.67. The molecular formula is C14H27N. The molecule has 0 aromatic carbocycles. The van der Waals surface area contributed by atoms with E-state index in [1.165, 1.54) is 11.3 Å². The van der Waals surface area contributed by atoms with Crippen molar-refractivity contribution in [2.75, 3.05) is 7.05 Å². The lowest BCUT2D eigenvalue weighted by atomic mass is 9.53. The Balaban J connectivity index is 3.49. The van der Waals surface area contributed by atoms with E-state index in [1.54, 1.807) is 0 Å². The van der Waals surface area contributed by atoms with Crippen molar-refractivity contribution < 1.29 is 0 Å². The summed E-state index contributed by atoms with van der Waals surface area (Å²) >= 11 is 0. The number of hydrogen-bond acceptors (Lipinski definition) is 1. The number of rotatable bonds is 0. The van der Waals surface area contributed by atoms with Gasteiger partial charge in [-0.3, -0.25) is 0 Å². The zero-order valence-corrected chi connectivity index (χ0v) is 11.9. The highest BCUT2D eigenvalue weighted by Gasteiger charge is 2.54. The second-order valence-electron chi connectivity index (χ2n) is 6.58. The molecule has 0 N–H and O–H groups in total. The molecule has 0 atom stereocenters. The van der Waals surface area contributed by atoms with E-state index in [4.69, 9.17) is 0 Å². The van der Waals surface area contributed by atoms with E-state index < -0.39 is 0 Å². The predicted molar refractivity (Wildman–Crippen MR) is 67.8 cm³/mol. The van der Waals surface area contributed by atoms with Crippen LogP contribution in [0, 0.1) is 10.8 Å². The fraction of sp³-hybridized carbons (Fsp3) is 0.857. The first-order valence-corrected chi connectivity index (χ1v) is 5.89. The quantitative estimate of drug-likeness (QED) is 0.581. The zero-order valence-electron chi connectivity index (χ0n) is 11.9. The summed E-state index contributed by atoms with van der Waals surface area (Å²) in [6, 6.07) is 0. The van der Waals surface area contributed by atoms with Crippen LogP contribution >= 0.6 is 0 Å². The molecule has 0 unspecified atom stereocenters. The fourth-order valence-corrected chi connectivity index (χ4v) is 2.78. The first kappa shape index (κ1) is 12.6. The van der Waals surface area contributed by atoms with Crippen LogP contribution < -0.4 is 0 Å². The Morgan fingerprint density at radius 2 is 1.27 bits per heavy atom. The van der Waals surface area contributed by atoms with Crippen LogP contribution in [0.3, 0.4) is 0 Å². The number of allylic oxidation sites excluding steroid dienone is 2. The summed E-state index contributed by atoms with van der Waals surface area (Å²) in [4.78, 5) is 2.44. The topological polar surface area (TPSA) is 3.24 Å². The Kier molecular flexibility index (Phi) is 2.54. The van der Waals surface area contributed by atoms with Crippen LogP contribution in [-0.2, 0) is 0 Å². The lowest BCUT2D eigenvalue weighted by Gasteiger charge is -2.61. The van der Waals surface area contributed by atoms with E-state index >= 15 is 0 Å². The van der Waals surface area contributed by atoms with Crippen molar-refractivity contribution in [3.05, 3.63) is 11.3 Å². The Labute approximate surface area is 95.5 Å². The van der Waals surface area contributed by atoms with Gasteiger partial charge in [0.15, 0.2) is 0 Å². The molecule has 1 aliphatic heterocycles. The van der Waals surface area contributed by atoms with Crippen LogP contribution in [0.15, 0.2) is 11.3 Å². The van der Waals surface area contributed by atoms with E-state index in [0.717, 1.165) is 0 Å². The molecular weight excluding hydrogens is 182 g/mol. The van der Waals surface area contributed by atoms with Gasteiger partial charge in [0.05, 0.1) is 0 Å². The van der Waals surface area contributed by atoms with Gasteiger partial charge in [-0.05, 0) is 44.1 Å². The smallest absolute Gasteiger partial charge is 0.0398 e. The van der Waals surface area contributed by atoms with Gasteiger partial charge in [-0.15, -0.1) is 0 Å². The Morgan fingerprint density at radius 3 is 1.67 bits per heavy atom. The first-order valence-electron chi connectivity index (χ1n) is 5.89. The van der Waals surface area contributed by atoms with E-state index in [0.29, 0.717) is 0 Å². The molecule has 0 bridgehead atoms. The highest BCUT2D eigenvalue weighted by atomic mass is 15.2. The van der Waals surface area contributed by atoms with Gasteiger partial charge in [-0.25, -0.2) is 0 Å². The molecule has 0 saturated carbocycles. The van der Waals surface area contributed by atoms with E-state index in [2.05, 4.69) is 67.3 Å². The largest absolute Gasteiger partial charge is 0.372 e. The Hall–Kier alpha value is -0.460. The number of hydrogen-bond donors (Lipinski definition) is 0. The van der Waals surface area contributed by atoms with Crippen molar-refractivity contribution >= 4 is 0 Å². The molecule has 1 heterocycles.